The van der Waals surface area contributed by atoms with Crippen LogP contribution in [0.1, 0.15) is 36.6 Å². The van der Waals surface area contributed by atoms with Crippen LogP contribution in [0, 0.1) is 6.92 Å². The lowest BCUT2D eigenvalue weighted by Crippen LogP contribution is -2.17. The minimum atomic E-state index is -0.646. The Morgan fingerprint density at radius 2 is 1.50 bits per heavy atom. The van der Waals surface area contributed by atoms with Crippen molar-refractivity contribution in [2.45, 2.75) is 6.92 Å². The summed E-state index contributed by atoms with van der Waals surface area (Å²) in [6.45, 7) is 1.98. The summed E-state index contributed by atoms with van der Waals surface area (Å²) >= 11 is 0. The molecule has 1 N–H and O–H groups in total. The Hall–Kier alpha value is -4.52. The zero-order valence-electron chi connectivity index (χ0n) is 18.9. The van der Waals surface area contributed by atoms with Gasteiger partial charge in [-0.05, 0) is 42.8 Å². The number of hydrogen-bond donors (Lipinski definition) is 1. The van der Waals surface area contributed by atoms with E-state index < -0.39 is 17.8 Å². The number of carbonyl (C=O) groups excluding carboxylic acids is 3. The molecule has 7 nitrogen and oxygen atoms in total. The molecule has 0 bridgehead atoms. The average Bonchev–Trinajstić information content (AvgIpc) is 2.87. The molecule has 0 unspecified atom stereocenters. The van der Waals surface area contributed by atoms with Crippen molar-refractivity contribution in [2.24, 2.45) is 0 Å². The van der Waals surface area contributed by atoms with Gasteiger partial charge in [-0.2, -0.15) is 0 Å². The summed E-state index contributed by atoms with van der Waals surface area (Å²) < 4.78 is 9.60. The number of esters is 2. The zero-order valence-corrected chi connectivity index (χ0v) is 18.9. The van der Waals surface area contributed by atoms with Crippen molar-refractivity contribution in [1.82, 2.24) is 4.98 Å². The summed E-state index contributed by atoms with van der Waals surface area (Å²) in [6.07, 6.45) is 0. The second-order valence-electron chi connectivity index (χ2n) is 7.58. The van der Waals surface area contributed by atoms with Gasteiger partial charge in [0, 0.05) is 10.9 Å². The Morgan fingerprint density at radius 1 is 0.794 bits per heavy atom. The number of rotatable bonds is 5. The number of pyridine rings is 1. The molecule has 0 radical (unpaired) electrons. The maximum absolute atomic E-state index is 13.5. The van der Waals surface area contributed by atoms with Crippen molar-refractivity contribution in [2.75, 3.05) is 19.5 Å². The Kier molecular flexibility index (Phi) is 6.36. The van der Waals surface area contributed by atoms with E-state index in [1.54, 1.807) is 6.07 Å². The summed E-state index contributed by atoms with van der Waals surface area (Å²) in [5, 5.41) is 3.43. The molecular weight excluding hydrogens is 432 g/mol. The van der Waals surface area contributed by atoms with E-state index in [0.717, 1.165) is 11.1 Å². The average molecular weight is 454 g/mol. The van der Waals surface area contributed by atoms with Crippen LogP contribution < -0.4 is 5.32 Å². The minimum absolute atomic E-state index is 0.112. The first-order valence-corrected chi connectivity index (χ1v) is 10.5. The fourth-order valence-corrected chi connectivity index (χ4v) is 3.73. The first kappa shape index (κ1) is 22.7. The molecule has 0 atom stereocenters. The van der Waals surface area contributed by atoms with Gasteiger partial charge in [0.25, 0.3) is 5.91 Å². The highest BCUT2D eigenvalue weighted by molar-refractivity contribution is 6.15. The zero-order chi connectivity index (χ0) is 24.2. The van der Waals surface area contributed by atoms with Crippen LogP contribution in [0.5, 0.6) is 0 Å². The van der Waals surface area contributed by atoms with Gasteiger partial charge in [0.05, 0.1) is 47.8 Å². The molecular formula is C27H22N2O5. The van der Waals surface area contributed by atoms with Gasteiger partial charge in [0.2, 0.25) is 0 Å². The van der Waals surface area contributed by atoms with E-state index in [-0.39, 0.29) is 16.8 Å². The smallest absolute Gasteiger partial charge is 0.339 e. The molecule has 0 fully saturated rings. The quantitative estimate of drug-likeness (QED) is 0.425. The Balaban J connectivity index is 1.83. The normalized spacial score (nSPS) is 10.6. The van der Waals surface area contributed by atoms with Gasteiger partial charge in [-0.3, -0.25) is 4.79 Å². The topological polar surface area (TPSA) is 94.6 Å². The SMILES string of the molecule is COC(=O)c1ccc(C(=O)OC)c(NC(=O)c2cc(-c3ccccc3C)nc3ccccc23)c1. The third-order valence-electron chi connectivity index (χ3n) is 5.48. The van der Waals surface area contributed by atoms with Gasteiger partial charge < -0.3 is 14.8 Å². The molecule has 0 saturated carbocycles. The molecule has 0 aliphatic heterocycles. The first-order chi connectivity index (χ1) is 16.4. The summed E-state index contributed by atoms with van der Waals surface area (Å²) in [4.78, 5) is 42.6. The molecule has 0 aliphatic carbocycles. The first-order valence-electron chi connectivity index (χ1n) is 10.5. The molecule has 0 spiro atoms. The fourth-order valence-electron chi connectivity index (χ4n) is 3.73. The second-order valence-corrected chi connectivity index (χ2v) is 7.58. The number of methoxy groups -OCH3 is 2. The van der Waals surface area contributed by atoms with Crippen LogP contribution >= 0.6 is 0 Å². The van der Waals surface area contributed by atoms with Gasteiger partial charge in [-0.15, -0.1) is 0 Å². The van der Waals surface area contributed by atoms with Gasteiger partial charge in [0.15, 0.2) is 0 Å². The Bertz CT molecular complexity index is 1430. The number of hydrogen-bond acceptors (Lipinski definition) is 6. The highest BCUT2D eigenvalue weighted by atomic mass is 16.5. The van der Waals surface area contributed by atoms with Crippen LogP contribution in [0.15, 0.2) is 72.8 Å². The number of amides is 1. The minimum Gasteiger partial charge on any atom is -0.465 e. The standard InChI is InChI=1S/C27H22N2O5/c1-16-8-4-5-9-18(16)24-15-21(19-10-6-7-11-22(19)28-24)25(30)29-23-14-17(26(31)33-2)12-13-20(23)27(32)34-3/h4-15H,1-3H3,(H,29,30). The van der Waals surface area contributed by atoms with E-state index in [0.29, 0.717) is 22.2 Å². The highest BCUT2D eigenvalue weighted by Gasteiger charge is 2.20. The predicted molar refractivity (Wildman–Crippen MR) is 129 cm³/mol. The molecule has 34 heavy (non-hydrogen) atoms. The van der Waals surface area contributed by atoms with Crippen LogP contribution in [0.25, 0.3) is 22.2 Å². The number of fused-ring (bicyclic) bond motifs is 1. The number of nitrogens with one attached hydrogen (secondary N) is 1. The Labute approximate surface area is 196 Å². The third-order valence-corrected chi connectivity index (χ3v) is 5.48. The van der Waals surface area contributed by atoms with E-state index in [1.807, 2.05) is 55.5 Å². The largest absolute Gasteiger partial charge is 0.465 e. The fraction of sp³-hybridized carbons (Fsp3) is 0.111. The molecule has 170 valence electrons. The molecule has 1 aromatic heterocycles. The van der Waals surface area contributed by atoms with Gasteiger partial charge >= 0.3 is 11.9 Å². The van der Waals surface area contributed by atoms with Crippen molar-refractivity contribution in [3.8, 4) is 11.3 Å². The van der Waals surface area contributed by atoms with E-state index >= 15 is 0 Å². The summed E-state index contributed by atoms with van der Waals surface area (Å²) in [6, 6.07) is 21.1. The van der Waals surface area contributed by atoms with Gasteiger partial charge in [-0.25, -0.2) is 14.6 Å². The van der Waals surface area contributed by atoms with Crippen LogP contribution in [-0.4, -0.2) is 37.0 Å². The number of carbonyl (C=O) groups is 3. The number of para-hydroxylation sites is 1. The number of aromatic nitrogens is 1. The molecule has 0 saturated heterocycles. The van der Waals surface area contributed by atoms with Crippen molar-refractivity contribution in [3.63, 3.8) is 0 Å². The number of aryl methyl sites for hydroxylation is 1. The van der Waals surface area contributed by atoms with E-state index in [4.69, 9.17) is 14.5 Å². The van der Waals surface area contributed by atoms with Crippen molar-refractivity contribution in [1.29, 1.82) is 0 Å². The van der Waals surface area contributed by atoms with Crippen LogP contribution in [0.2, 0.25) is 0 Å². The summed E-state index contributed by atoms with van der Waals surface area (Å²) in [7, 11) is 2.50. The van der Waals surface area contributed by atoms with Crippen LogP contribution in [0.3, 0.4) is 0 Å². The lowest BCUT2D eigenvalue weighted by Gasteiger charge is -2.14. The van der Waals surface area contributed by atoms with E-state index in [9.17, 15) is 14.4 Å². The number of nitrogens with zero attached hydrogens (tertiary/aromatic N) is 1. The van der Waals surface area contributed by atoms with Crippen molar-refractivity contribution >= 4 is 34.4 Å². The van der Waals surface area contributed by atoms with Crippen LogP contribution in [-0.2, 0) is 9.47 Å². The molecule has 4 rings (SSSR count). The van der Waals surface area contributed by atoms with Gasteiger partial charge in [-0.1, -0.05) is 42.5 Å². The molecule has 7 heteroatoms. The van der Waals surface area contributed by atoms with E-state index in [2.05, 4.69) is 5.32 Å². The summed E-state index contributed by atoms with van der Waals surface area (Å²) in [5.41, 5.74) is 4.05. The van der Waals surface area contributed by atoms with Crippen LogP contribution in [0.4, 0.5) is 5.69 Å². The van der Waals surface area contributed by atoms with Gasteiger partial charge in [0.1, 0.15) is 0 Å². The monoisotopic (exact) mass is 454 g/mol. The maximum atomic E-state index is 13.5. The number of benzene rings is 3. The van der Waals surface area contributed by atoms with Crippen molar-refractivity contribution < 1.29 is 23.9 Å². The number of ether oxygens (including phenoxy) is 2. The Morgan fingerprint density at radius 3 is 2.24 bits per heavy atom. The predicted octanol–water partition coefficient (Wildman–Crippen LogP) is 5.04. The molecule has 4 aromatic rings. The lowest BCUT2D eigenvalue weighted by atomic mass is 10.0. The maximum Gasteiger partial charge on any atom is 0.339 e. The lowest BCUT2D eigenvalue weighted by molar-refractivity contribution is 0.0587. The molecule has 0 aliphatic rings. The molecule has 3 aromatic carbocycles. The molecule has 1 heterocycles. The van der Waals surface area contributed by atoms with E-state index in [1.165, 1.54) is 32.4 Å². The molecule has 1 amide bonds. The number of anilines is 1. The highest BCUT2D eigenvalue weighted by Crippen LogP contribution is 2.28. The van der Waals surface area contributed by atoms with Crippen molar-refractivity contribution in [3.05, 3.63) is 95.1 Å². The second kappa shape index (κ2) is 9.54. The third kappa shape index (κ3) is 4.36. The summed E-state index contributed by atoms with van der Waals surface area (Å²) in [5.74, 6) is -1.70.